The number of rotatable bonds is 17. The van der Waals surface area contributed by atoms with Crippen LogP contribution in [0.15, 0.2) is 84.9 Å². The number of para-hydroxylation sites is 3. The molecular formula is C37H44Cl2N4O6. The van der Waals surface area contributed by atoms with Gasteiger partial charge < -0.3 is 41.0 Å². The van der Waals surface area contributed by atoms with Crippen molar-refractivity contribution in [3.05, 3.63) is 117 Å². The van der Waals surface area contributed by atoms with Gasteiger partial charge >= 0.3 is 0 Å². The maximum absolute atomic E-state index is 12.4. The van der Waals surface area contributed by atoms with Crippen LogP contribution < -0.4 is 21.3 Å². The number of ether oxygens (including phenoxy) is 2. The Morgan fingerprint density at radius 1 is 0.653 bits per heavy atom. The molecule has 4 aromatic carbocycles. The molecule has 0 aliphatic rings. The summed E-state index contributed by atoms with van der Waals surface area (Å²) in [5, 5.41) is 30.4. The Kier molecular flexibility index (Phi) is 17.4. The molecule has 0 spiro atoms. The molecule has 0 aliphatic heterocycles. The summed E-state index contributed by atoms with van der Waals surface area (Å²) in [7, 11) is 0. The molecule has 2 amide bonds. The average molecular weight is 712 g/mol. The number of halogens is 2. The third-order valence-electron chi connectivity index (χ3n) is 7.21. The van der Waals surface area contributed by atoms with Crippen LogP contribution in [0.3, 0.4) is 0 Å². The van der Waals surface area contributed by atoms with Crippen LogP contribution in [-0.2, 0) is 20.7 Å². The SMILES string of the molecule is Cc1cccc(Nc2ccccc2C(=O)NCCOCCO)c1C.O=C(Cc1ccccc1Nc1c(Cl)cccc1Cl)NCCOCCO. The summed E-state index contributed by atoms with van der Waals surface area (Å²) in [6, 6.07) is 26.2. The predicted molar refractivity (Wildman–Crippen MR) is 197 cm³/mol. The Labute approximate surface area is 297 Å². The number of amides is 2. The van der Waals surface area contributed by atoms with Gasteiger partial charge in [-0.05, 0) is 66.9 Å². The molecule has 0 bridgehead atoms. The summed E-state index contributed by atoms with van der Waals surface area (Å²) >= 11 is 12.4. The monoisotopic (exact) mass is 710 g/mol. The largest absolute Gasteiger partial charge is 0.394 e. The Balaban J connectivity index is 0.000000266. The molecule has 0 saturated heterocycles. The van der Waals surface area contributed by atoms with Crippen LogP contribution in [0.2, 0.25) is 10.0 Å². The van der Waals surface area contributed by atoms with Gasteiger partial charge in [0.25, 0.3) is 5.91 Å². The number of nitrogens with one attached hydrogen (secondary N) is 4. The van der Waals surface area contributed by atoms with E-state index in [0.717, 1.165) is 28.2 Å². The molecule has 0 fully saturated rings. The lowest BCUT2D eigenvalue weighted by atomic mass is 10.1. The first kappa shape index (κ1) is 39.3. The Bertz CT molecular complexity index is 1620. The van der Waals surface area contributed by atoms with Gasteiger partial charge in [0, 0.05) is 24.5 Å². The van der Waals surface area contributed by atoms with Gasteiger partial charge in [0.05, 0.1) is 73.0 Å². The zero-order valence-corrected chi connectivity index (χ0v) is 29.2. The van der Waals surface area contributed by atoms with Crippen LogP contribution in [0.4, 0.5) is 22.7 Å². The number of anilines is 4. The summed E-state index contributed by atoms with van der Waals surface area (Å²) in [5.74, 6) is -0.275. The first-order chi connectivity index (χ1) is 23.7. The van der Waals surface area contributed by atoms with Gasteiger partial charge in [-0.2, -0.15) is 0 Å². The van der Waals surface area contributed by atoms with Crippen molar-refractivity contribution < 1.29 is 29.3 Å². The minimum absolute atomic E-state index is 0.0173. The molecule has 4 aromatic rings. The Morgan fingerprint density at radius 3 is 1.90 bits per heavy atom. The molecule has 6 N–H and O–H groups in total. The summed E-state index contributed by atoms with van der Waals surface area (Å²) < 4.78 is 10.2. The van der Waals surface area contributed by atoms with E-state index in [4.69, 9.17) is 42.9 Å². The van der Waals surface area contributed by atoms with E-state index >= 15 is 0 Å². The summed E-state index contributed by atoms with van der Waals surface area (Å²) in [6.07, 6.45) is 0.214. The number of aliphatic hydroxyl groups is 2. The minimum Gasteiger partial charge on any atom is -0.394 e. The number of benzene rings is 4. The van der Waals surface area contributed by atoms with Gasteiger partial charge in [0.1, 0.15) is 0 Å². The van der Waals surface area contributed by atoms with Crippen molar-refractivity contribution in [2.75, 3.05) is 63.4 Å². The van der Waals surface area contributed by atoms with E-state index < -0.39 is 0 Å². The molecule has 49 heavy (non-hydrogen) atoms. The highest BCUT2D eigenvalue weighted by molar-refractivity contribution is 6.39. The minimum atomic E-state index is -0.156. The van der Waals surface area contributed by atoms with Gasteiger partial charge in [-0.1, -0.05) is 71.7 Å². The zero-order valence-electron chi connectivity index (χ0n) is 27.7. The third-order valence-corrected chi connectivity index (χ3v) is 7.84. The van der Waals surface area contributed by atoms with E-state index in [-0.39, 0.29) is 44.7 Å². The fourth-order valence-electron chi connectivity index (χ4n) is 4.53. The van der Waals surface area contributed by atoms with Crippen molar-refractivity contribution >= 4 is 57.8 Å². The number of aliphatic hydroxyl groups excluding tert-OH is 2. The fraction of sp³-hybridized carbons (Fsp3) is 0.297. The quantitative estimate of drug-likeness (QED) is 0.0713. The maximum atomic E-state index is 12.4. The molecule has 262 valence electrons. The van der Waals surface area contributed by atoms with Crippen LogP contribution in [-0.4, -0.2) is 74.8 Å². The predicted octanol–water partition coefficient (Wildman–Crippen LogP) is 6.19. The molecule has 0 aliphatic carbocycles. The highest BCUT2D eigenvalue weighted by Crippen LogP contribution is 2.33. The average Bonchev–Trinajstić information content (AvgIpc) is 3.09. The second kappa shape index (κ2) is 21.7. The highest BCUT2D eigenvalue weighted by Gasteiger charge is 2.13. The van der Waals surface area contributed by atoms with Crippen molar-refractivity contribution in [3.63, 3.8) is 0 Å². The molecule has 0 radical (unpaired) electrons. The lowest BCUT2D eigenvalue weighted by Gasteiger charge is -2.15. The lowest BCUT2D eigenvalue weighted by Crippen LogP contribution is -2.29. The fourth-order valence-corrected chi connectivity index (χ4v) is 5.03. The third kappa shape index (κ3) is 13.3. The van der Waals surface area contributed by atoms with E-state index in [0.29, 0.717) is 47.6 Å². The second-order valence-corrected chi connectivity index (χ2v) is 11.6. The molecule has 12 heteroatoms. The zero-order chi connectivity index (χ0) is 35.4. The van der Waals surface area contributed by atoms with E-state index in [1.54, 1.807) is 24.3 Å². The van der Waals surface area contributed by atoms with E-state index in [2.05, 4.69) is 41.2 Å². The second-order valence-electron chi connectivity index (χ2n) is 10.8. The van der Waals surface area contributed by atoms with Crippen molar-refractivity contribution in [2.24, 2.45) is 0 Å². The maximum Gasteiger partial charge on any atom is 0.253 e. The molecule has 4 rings (SSSR count). The van der Waals surface area contributed by atoms with E-state index in [9.17, 15) is 9.59 Å². The topological polar surface area (TPSA) is 141 Å². The van der Waals surface area contributed by atoms with Gasteiger partial charge in [0.15, 0.2) is 0 Å². The molecular weight excluding hydrogens is 667 g/mol. The van der Waals surface area contributed by atoms with Crippen LogP contribution in [0, 0.1) is 13.8 Å². The molecule has 10 nitrogen and oxygen atoms in total. The van der Waals surface area contributed by atoms with Gasteiger partial charge in [-0.25, -0.2) is 0 Å². The summed E-state index contributed by atoms with van der Waals surface area (Å²) in [4.78, 5) is 24.5. The lowest BCUT2D eigenvalue weighted by molar-refractivity contribution is -0.120. The standard InChI is InChI=1S/C19H24N2O3.C18H20Cl2N2O3/c1-14-6-5-9-17(15(14)2)21-18-8-4-3-7-16(18)19(23)20-10-12-24-13-11-22;19-14-5-3-6-15(20)18(14)22-16-7-2-1-4-13(16)12-17(24)21-8-10-25-11-9-23/h3-9,21-22H,10-13H2,1-2H3,(H,20,23);1-7,22-23H,8-12H2,(H,21,24). The van der Waals surface area contributed by atoms with Gasteiger partial charge in [-0.15, -0.1) is 0 Å². The van der Waals surface area contributed by atoms with E-state index in [1.165, 1.54) is 5.56 Å². The van der Waals surface area contributed by atoms with Crippen molar-refractivity contribution in [1.82, 2.24) is 10.6 Å². The number of aryl methyl sites for hydroxylation is 1. The summed E-state index contributed by atoms with van der Waals surface area (Å²) in [6.45, 7) is 6.14. The normalized spacial score (nSPS) is 10.5. The van der Waals surface area contributed by atoms with Crippen LogP contribution >= 0.6 is 23.2 Å². The molecule has 0 unspecified atom stereocenters. The molecule has 0 saturated carbocycles. The highest BCUT2D eigenvalue weighted by atomic mass is 35.5. The smallest absolute Gasteiger partial charge is 0.253 e. The van der Waals surface area contributed by atoms with Crippen molar-refractivity contribution in [3.8, 4) is 0 Å². The van der Waals surface area contributed by atoms with Crippen molar-refractivity contribution in [1.29, 1.82) is 0 Å². The van der Waals surface area contributed by atoms with Crippen molar-refractivity contribution in [2.45, 2.75) is 20.3 Å². The number of carbonyl (C=O) groups excluding carboxylic acids is 2. The molecule has 0 atom stereocenters. The molecule has 0 heterocycles. The number of hydrogen-bond acceptors (Lipinski definition) is 8. The summed E-state index contributed by atoms with van der Waals surface area (Å²) in [5.41, 5.74) is 6.89. The van der Waals surface area contributed by atoms with Crippen LogP contribution in [0.5, 0.6) is 0 Å². The van der Waals surface area contributed by atoms with Gasteiger partial charge in [0.2, 0.25) is 5.91 Å². The Morgan fingerprint density at radius 2 is 1.22 bits per heavy atom. The number of carbonyl (C=O) groups is 2. The van der Waals surface area contributed by atoms with E-state index in [1.807, 2.05) is 54.6 Å². The first-order valence-electron chi connectivity index (χ1n) is 15.9. The van der Waals surface area contributed by atoms with Crippen LogP contribution in [0.1, 0.15) is 27.0 Å². The molecule has 0 aromatic heterocycles. The van der Waals surface area contributed by atoms with Crippen LogP contribution in [0.25, 0.3) is 0 Å². The first-order valence-corrected chi connectivity index (χ1v) is 16.6. The Hall–Kier alpha value is -4.16. The van der Waals surface area contributed by atoms with Gasteiger partial charge in [-0.3, -0.25) is 9.59 Å². The number of hydrogen-bond donors (Lipinski definition) is 6.